The monoisotopic (exact) mass is 386 g/mol. The second kappa shape index (κ2) is 8.68. The highest BCUT2D eigenvalue weighted by Gasteiger charge is 2.37. The molecule has 2 amide bonds. The highest BCUT2D eigenvalue weighted by atomic mass is 35.5. The molecular weight excluding hydrogens is 368 g/mol. The summed E-state index contributed by atoms with van der Waals surface area (Å²) in [6.45, 7) is 0.315. The summed E-state index contributed by atoms with van der Waals surface area (Å²) in [7, 11) is 0. The third kappa shape index (κ3) is 4.86. The van der Waals surface area contributed by atoms with Gasteiger partial charge in [-0.2, -0.15) is 0 Å². The average Bonchev–Trinajstić information content (AvgIpc) is 3.07. The van der Waals surface area contributed by atoms with Gasteiger partial charge in [-0.15, -0.1) is 0 Å². The Labute approximate surface area is 162 Å². The molecule has 0 radical (unpaired) electrons. The van der Waals surface area contributed by atoms with Gasteiger partial charge in [-0.25, -0.2) is 0 Å². The molecular formula is C20H19ClN2O4. The lowest BCUT2D eigenvalue weighted by molar-refractivity contribution is -0.146. The zero-order chi connectivity index (χ0) is 19.2. The predicted molar refractivity (Wildman–Crippen MR) is 101 cm³/mol. The maximum absolute atomic E-state index is 12.5. The summed E-state index contributed by atoms with van der Waals surface area (Å²) in [5, 5.41) is 3.07. The Morgan fingerprint density at radius 2 is 1.81 bits per heavy atom. The normalized spacial score (nSPS) is 16.3. The van der Waals surface area contributed by atoms with Crippen molar-refractivity contribution in [2.75, 3.05) is 18.0 Å². The smallest absolute Gasteiger partial charge is 0.325 e. The number of hydrogen-bond donors (Lipinski definition) is 1. The lowest BCUT2D eigenvalue weighted by atomic mass is 10.1. The summed E-state index contributed by atoms with van der Waals surface area (Å²) in [6, 6.07) is 16.1. The Bertz CT molecular complexity index is 824. The van der Waals surface area contributed by atoms with Crippen LogP contribution in [0.3, 0.4) is 0 Å². The van der Waals surface area contributed by atoms with Crippen LogP contribution in [0.15, 0.2) is 54.6 Å². The minimum Gasteiger partial charge on any atom is -0.460 e. The molecule has 3 rings (SSSR count). The van der Waals surface area contributed by atoms with Crippen LogP contribution in [0.5, 0.6) is 0 Å². The first-order valence-corrected chi connectivity index (χ1v) is 8.96. The van der Waals surface area contributed by atoms with Crippen molar-refractivity contribution >= 4 is 35.1 Å². The van der Waals surface area contributed by atoms with Crippen LogP contribution in [-0.2, 0) is 25.7 Å². The standard InChI is InChI=1S/C20H19ClN2O4/c21-15-6-8-16(9-7-15)23-11-10-17(20(23)26)19(25)22-12-18(24)27-13-14-4-2-1-3-5-14/h1-9,17H,10-13H2,(H,22,25). The van der Waals surface area contributed by atoms with Crippen LogP contribution in [0.2, 0.25) is 5.02 Å². The van der Waals surface area contributed by atoms with E-state index in [2.05, 4.69) is 5.32 Å². The van der Waals surface area contributed by atoms with Crippen LogP contribution in [0, 0.1) is 5.92 Å². The van der Waals surface area contributed by atoms with Gasteiger partial charge in [-0.3, -0.25) is 14.4 Å². The molecule has 1 N–H and O–H groups in total. The van der Waals surface area contributed by atoms with E-state index in [1.54, 1.807) is 29.2 Å². The van der Waals surface area contributed by atoms with Crippen molar-refractivity contribution in [2.45, 2.75) is 13.0 Å². The van der Waals surface area contributed by atoms with Gasteiger partial charge in [0, 0.05) is 17.3 Å². The molecule has 7 heteroatoms. The molecule has 1 saturated heterocycles. The van der Waals surface area contributed by atoms with Gasteiger partial charge in [0.05, 0.1) is 0 Å². The summed E-state index contributed by atoms with van der Waals surface area (Å²) in [5.74, 6) is -2.10. The highest BCUT2D eigenvalue weighted by molar-refractivity contribution is 6.30. The second-order valence-corrected chi connectivity index (χ2v) is 6.61. The molecule has 0 aromatic heterocycles. The van der Waals surface area contributed by atoms with Crippen molar-refractivity contribution in [1.29, 1.82) is 0 Å². The molecule has 1 heterocycles. The van der Waals surface area contributed by atoms with E-state index < -0.39 is 17.8 Å². The van der Waals surface area contributed by atoms with Crippen molar-refractivity contribution in [1.82, 2.24) is 5.32 Å². The molecule has 1 atom stereocenters. The number of rotatable bonds is 6. The SMILES string of the molecule is O=C(CNC(=O)C1CCN(c2ccc(Cl)cc2)C1=O)OCc1ccccc1. The number of anilines is 1. The number of hydrogen-bond acceptors (Lipinski definition) is 4. The number of nitrogens with one attached hydrogen (secondary N) is 1. The number of carbonyl (C=O) groups is 3. The third-order valence-electron chi connectivity index (χ3n) is 4.31. The fourth-order valence-corrected chi connectivity index (χ4v) is 3.00. The number of amides is 2. The van der Waals surface area contributed by atoms with E-state index in [0.29, 0.717) is 23.7 Å². The average molecular weight is 387 g/mol. The van der Waals surface area contributed by atoms with Crippen LogP contribution >= 0.6 is 11.6 Å². The van der Waals surface area contributed by atoms with E-state index in [0.717, 1.165) is 5.56 Å². The Hall–Kier alpha value is -2.86. The number of halogens is 1. The zero-order valence-electron chi connectivity index (χ0n) is 14.6. The van der Waals surface area contributed by atoms with Gasteiger partial charge in [0.15, 0.2) is 0 Å². The van der Waals surface area contributed by atoms with Gasteiger partial charge in [0.25, 0.3) is 0 Å². The first-order valence-electron chi connectivity index (χ1n) is 8.59. The quantitative estimate of drug-likeness (QED) is 0.611. The van der Waals surface area contributed by atoms with Gasteiger partial charge in [-0.1, -0.05) is 41.9 Å². The van der Waals surface area contributed by atoms with Gasteiger partial charge in [0.2, 0.25) is 11.8 Å². The number of benzene rings is 2. The van der Waals surface area contributed by atoms with E-state index in [-0.39, 0.29) is 19.1 Å². The fourth-order valence-electron chi connectivity index (χ4n) is 2.87. The Balaban J connectivity index is 1.47. The minimum absolute atomic E-state index is 0.141. The lowest BCUT2D eigenvalue weighted by Crippen LogP contribution is -2.39. The molecule has 0 bridgehead atoms. The topological polar surface area (TPSA) is 75.7 Å². The molecule has 2 aromatic carbocycles. The van der Waals surface area contributed by atoms with Crippen molar-refractivity contribution in [3.63, 3.8) is 0 Å². The molecule has 1 aliphatic rings. The Morgan fingerprint density at radius 1 is 1.11 bits per heavy atom. The molecule has 6 nitrogen and oxygen atoms in total. The molecule has 1 aliphatic heterocycles. The summed E-state index contributed by atoms with van der Waals surface area (Å²) in [5.41, 5.74) is 1.56. The number of nitrogens with zero attached hydrogens (tertiary/aromatic N) is 1. The maximum atomic E-state index is 12.5. The van der Waals surface area contributed by atoms with Crippen LogP contribution in [0.1, 0.15) is 12.0 Å². The van der Waals surface area contributed by atoms with E-state index in [4.69, 9.17) is 16.3 Å². The zero-order valence-corrected chi connectivity index (χ0v) is 15.3. The van der Waals surface area contributed by atoms with Gasteiger partial charge in [-0.05, 0) is 36.2 Å². The van der Waals surface area contributed by atoms with Crippen LogP contribution < -0.4 is 10.2 Å². The Kier molecular flexibility index (Phi) is 6.08. The van der Waals surface area contributed by atoms with Crippen molar-refractivity contribution < 1.29 is 19.1 Å². The van der Waals surface area contributed by atoms with Gasteiger partial charge >= 0.3 is 5.97 Å². The van der Waals surface area contributed by atoms with E-state index in [1.165, 1.54) is 0 Å². The molecule has 27 heavy (non-hydrogen) atoms. The summed E-state index contributed by atoms with van der Waals surface area (Å²) in [4.78, 5) is 38.1. The van der Waals surface area contributed by atoms with E-state index in [9.17, 15) is 14.4 Å². The Morgan fingerprint density at radius 3 is 2.52 bits per heavy atom. The highest BCUT2D eigenvalue weighted by Crippen LogP contribution is 2.26. The lowest BCUT2D eigenvalue weighted by Gasteiger charge is -2.16. The summed E-state index contributed by atoms with van der Waals surface area (Å²) < 4.78 is 5.11. The first-order chi connectivity index (χ1) is 13.0. The largest absolute Gasteiger partial charge is 0.460 e. The van der Waals surface area contributed by atoms with E-state index in [1.807, 2.05) is 30.3 Å². The maximum Gasteiger partial charge on any atom is 0.325 e. The summed E-state index contributed by atoms with van der Waals surface area (Å²) in [6.07, 6.45) is 0.395. The molecule has 140 valence electrons. The van der Waals surface area contributed by atoms with Crippen molar-refractivity contribution in [3.8, 4) is 0 Å². The molecule has 1 fully saturated rings. The van der Waals surface area contributed by atoms with Crippen LogP contribution in [-0.4, -0.2) is 30.9 Å². The number of ether oxygens (including phenoxy) is 1. The van der Waals surface area contributed by atoms with E-state index >= 15 is 0 Å². The number of carbonyl (C=O) groups excluding carboxylic acids is 3. The third-order valence-corrected chi connectivity index (χ3v) is 4.56. The molecule has 0 spiro atoms. The second-order valence-electron chi connectivity index (χ2n) is 6.17. The van der Waals surface area contributed by atoms with Crippen LogP contribution in [0.4, 0.5) is 5.69 Å². The van der Waals surface area contributed by atoms with Crippen molar-refractivity contribution in [2.24, 2.45) is 5.92 Å². The predicted octanol–water partition coefficient (Wildman–Crippen LogP) is 2.55. The molecule has 0 aliphatic carbocycles. The first kappa shape index (κ1) is 18.9. The fraction of sp³-hybridized carbons (Fsp3) is 0.250. The molecule has 1 unspecified atom stereocenters. The number of esters is 1. The van der Waals surface area contributed by atoms with Gasteiger partial charge < -0.3 is 15.0 Å². The summed E-state index contributed by atoms with van der Waals surface area (Å²) >= 11 is 5.86. The van der Waals surface area contributed by atoms with Crippen molar-refractivity contribution in [3.05, 3.63) is 65.2 Å². The van der Waals surface area contributed by atoms with Crippen LogP contribution in [0.25, 0.3) is 0 Å². The van der Waals surface area contributed by atoms with Gasteiger partial charge in [0.1, 0.15) is 19.1 Å². The molecule has 0 saturated carbocycles. The molecule has 2 aromatic rings. The minimum atomic E-state index is -0.803.